The summed E-state index contributed by atoms with van der Waals surface area (Å²) in [4.78, 5) is 28.5. The third-order valence-electron chi connectivity index (χ3n) is 8.00. The molecule has 35 heavy (non-hydrogen) atoms. The predicted molar refractivity (Wildman–Crippen MR) is 128 cm³/mol. The summed E-state index contributed by atoms with van der Waals surface area (Å²) < 4.78 is 29.3. The fourth-order valence-electron chi connectivity index (χ4n) is 5.68. The molecule has 5 rings (SSSR count). The van der Waals surface area contributed by atoms with E-state index in [4.69, 9.17) is 0 Å². The smallest absolute Gasteiger partial charge is 0.273 e. The molecule has 0 spiro atoms. The van der Waals surface area contributed by atoms with Crippen molar-refractivity contribution >= 4 is 11.6 Å². The van der Waals surface area contributed by atoms with Crippen LogP contribution in [-0.4, -0.2) is 47.5 Å². The number of amides is 1. The average Bonchev–Trinajstić information content (AvgIpc) is 3.48. The van der Waals surface area contributed by atoms with Crippen LogP contribution in [0.2, 0.25) is 0 Å². The summed E-state index contributed by atoms with van der Waals surface area (Å²) in [6.07, 6.45) is 1.28. The van der Waals surface area contributed by atoms with Crippen LogP contribution >= 0.6 is 0 Å². The van der Waals surface area contributed by atoms with Crippen LogP contribution in [0.5, 0.6) is 0 Å². The van der Waals surface area contributed by atoms with E-state index in [1.807, 2.05) is 19.9 Å². The Balaban J connectivity index is 1.45. The van der Waals surface area contributed by atoms with Crippen LogP contribution in [0.3, 0.4) is 0 Å². The number of piperidine rings is 1. The van der Waals surface area contributed by atoms with Crippen LogP contribution in [0, 0.1) is 36.0 Å². The van der Waals surface area contributed by atoms with Crippen LogP contribution < -0.4 is 16.2 Å². The van der Waals surface area contributed by atoms with Crippen LogP contribution in [-0.2, 0) is 0 Å². The van der Waals surface area contributed by atoms with Gasteiger partial charge in [0.25, 0.3) is 17.4 Å². The minimum absolute atomic E-state index is 0.154. The van der Waals surface area contributed by atoms with E-state index in [2.05, 4.69) is 28.7 Å². The van der Waals surface area contributed by atoms with Crippen molar-refractivity contribution in [3.8, 4) is 6.07 Å². The summed E-state index contributed by atoms with van der Waals surface area (Å²) in [5, 5.41) is 15.6. The molecule has 3 fully saturated rings. The molecule has 9 heteroatoms. The third-order valence-corrected chi connectivity index (χ3v) is 8.00. The lowest BCUT2D eigenvalue weighted by Crippen LogP contribution is -2.32. The number of benzene rings is 1. The van der Waals surface area contributed by atoms with E-state index < -0.39 is 35.4 Å². The molecule has 2 N–H and O–H groups in total. The molecule has 1 aliphatic heterocycles. The van der Waals surface area contributed by atoms with Crippen LogP contribution in [0.25, 0.3) is 0 Å². The lowest BCUT2D eigenvalue weighted by Gasteiger charge is -2.21. The zero-order chi connectivity index (χ0) is 25.2. The molecule has 2 aliphatic carbocycles. The van der Waals surface area contributed by atoms with Gasteiger partial charge in [-0.05, 0) is 49.9 Å². The molecule has 2 heterocycles. The Bertz CT molecular complexity index is 1290. The van der Waals surface area contributed by atoms with Gasteiger partial charge in [-0.3, -0.25) is 9.59 Å². The molecule has 6 atom stereocenters. The summed E-state index contributed by atoms with van der Waals surface area (Å²) in [5.41, 5.74) is 2.08. The van der Waals surface area contributed by atoms with E-state index in [0.717, 1.165) is 28.8 Å². The average molecular weight is 482 g/mol. The number of likely N-dealkylation sites (tertiary alicyclic amines) is 1. The van der Waals surface area contributed by atoms with Crippen molar-refractivity contribution in [1.82, 2.24) is 14.8 Å². The van der Waals surface area contributed by atoms with Crippen molar-refractivity contribution in [1.29, 1.82) is 5.26 Å². The van der Waals surface area contributed by atoms with Gasteiger partial charge in [0.15, 0.2) is 0 Å². The lowest BCUT2D eigenvalue weighted by atomic mass is 9.98. The molecule has 184 valence electrons. The minimum atomic E-state index is -2.98. The van der Waals surface area contributed by atoms with Crippen LogP contribution in [0.1, 0.15) is 53.0 Å². The van der Waals surface area contributed by atoms with Crippen molar-refractivity contribution in [2.75, 3.05) is 25.5 Å². The molecular weight excluding hydrogens is 452 g/mol. The lowest BCUT2D eigenvalue weighted by molar-refractivity contribution is 0.0868. The number of pyridine rings is 1. The molecule has 1 aromatic carbocycles. The highest BCUT2D eigenvalue weighted by molar-refractivity contribution is 5.99. The number of halogens is 2. The van der Waals surface area contributed by atoms with E-state index in [-0.39, 0.29) is 11.6 Å². The van der Waals surface area contributed by atoms with Crippen molar-refractivity contribution in [2.24, 2.45) is 17.8 Å². The molecule has 1 amide bonds. The molecule has 2 aromatic rings. The molecular formula is C26H29F2N5O2. The molecule has 3 aliphatic rings. The number of carbonyl (C=O) groups is 1. The van der Waals surface area contributed by atoms with Gasteiger partial charge in [0.2, 0.25) is 0 Å². The number of fused-ring (bicyclic) bond motifs is 1. The van der Waals surface area contributed by atoms with Gasteiger partial charge >= 0.3 is 0 Å². The first kappa shape index (κ1) is 23.5. The van der Waals surface area contributed by atoms with E-state index in [1.54, 1.807) is 12.1 Å². The number of anilines is 1. The second-order valence-corrected chi connectivity index (χ2v) is 10.3. The monoisotopic (exact) mass is 481 g/mol. The first-order valence-corrected chi connectivity index (χ1v) is 11.9. The summed E-state index contributed by atoms with van der Waals surface area (Å²) in [7, 11) is 2.06. The standard InChI is InChI=1S/C26H29F2N5O2/c1-13-16(9-29)6-5-7-17(13)15(3)30-25(35)20-12-33(24-14(2)26(24,27)28)22(34)8-21(20)31-23-18-10-32(4)11-19(18)23/h5-8,12,14-15,18-19,23-24,31H,10-11H2,1-4H3,(H,30,35)/t14-,15+,18-,19+,23?,24-/m0/s1. The van der Waals surface area contributed by atoms with Gasteiger partial charge in [-0.15, -0.1) is 0 Å². The van der Waals surface area contributed by atoms with Crippen LogP contribution in [0.4, 0.5) is 14.5 Å². The van der Waals surface area contributed by atoms with Gasteiger partial charge in [0.1, 0.15) is 6.04 Å². The quantitative estimate of drug-likeness (QED) is 0.661. The van der Waals surface area contributed by atoms with Gasteiger partial charge in [-0.2, -0.15) is 5.26 Å². The van der Waals surface area contributed by atoms with Gasteiger partial charge in [-0.1, -0.05) is 19.1 Å². The Labute approximate surface area is 202 Å². The van der Waals surface area contributed by atoms with E-state index >= 15 is 0 Å². The maximum absolute atomic E-state index is 14.1. The van der Waals surface area contributed by atoms with Gasteiger partial charge < -0.3 is 20.1 Å². The zero-order valence-corrected chi connectivity index (χ0v) is 20.2. The van der Waals surface area contributed by atoms with Crippen molar-refractivity contribution < 1.29 is 13.6 Å². The molecule has 1 aromatic heterocycles. The zero-order valence-electron chi connectivity index (χ0n) is 20.2. The first-order chi connectivity index (χ1) is 16.5. The number of aromatic nitrogens is 1. The fourth-order valence-corrected chi connectivity index (χ4v) is 5.68. The Hall–Kier alpha value is -3.25. The first-order valence-electron chi connectivity index (χ1n) is 11.9. The van der Waals surface area contributed by atoms with Crippen molar-refractivity contribution in [3.05, 3.63) is 63.1 Å². The highest BCUT2D eigenvalue weighted by Gasteiger charge is 2.67. The minimum Gasteiger partial charge on any atom is -0.381 e. The predicted octanol–water partition coefficient (Wildman–Crippen LogP) is 3.32. The Kier molecular flexibility index (Phi) is 5.48. The number of carbonyl (C=O) groups excluding carboxylic acids is 1. The Morgan fingerprint density at radius 1 is 1.29 bits per heavy atom. The SMILES string of the molecule is Cc1c(C#N)cccc1[C@@H](C)NC(=O)c1cn([C@H]2[C@H](C)C2(F)F)c(=O)cc1NC1[C@H]2CN(C)C[C@@H]12. The fraction of sp³-hybridized carbons (Fsp3) is 0.500. The maximum Gasteiger partial charge on any atom is 0.273 e. The number of nitrogens with zero attached hydrogens (tertiary/aromatic N) is 3. The molecule has 1 saturated heterocycles. The number of hydrogen-bond acceptors (Lipinski definition) is 5. The molecule has 0 bridgehead atoms. The highest BCUT2D eigenvalue weighted by Crippen LogP contribution is 2.58. The number of alkyl halides is 2. The summed E-state index contributed by atoms with van der Waals surface area (Å²) in [5.74, 6) is -3.52. The Morgan fingerprint density at radius 3 is 2.54 bits per heavy atom. The number of nitriles is 1. The Morgan fingerprint density at radius 2 is 1.94 bits per heavy atom. The second-order valence-electron chi connectivity index (χ2n) is 10.3. The van der Waals surface area contributed by atoms with Crippen molar-refractivity contribution in [3.63, 3.8) is 0 Å². The van der Waals surface area contributed by atoms with Gasteiger partial charge in [-0.25, -0.2) is 8.78 Å². The van der Waals surface area contributed by atoms with E-state index in [0.29, 0.717) is 23.1 Å². The number of rotatable bonds is 6. The second kappa shape index (κ2) is 8.16. The summed E-state index contributed by atoms with van der Waals surface area (Å²) in [6, 6.07) is 7.21. The van der Waals surface area contributed by atoms with Crippen molar-refractivity contribution in [2.45, 2.75) is 44.8 Å². The largest absolute Gasteiger partial charge is 0.381 e. The third kappa shape index (κ3) is 3.90. The molecule has 0 radical (unpaired) electrons. The highest BCUT2D eigenvalue weighted by atomic mass is 19.3. The van der Waals surface area contributed by atoms with E-state index in [1.165, 1.54) is 19.2 Å². The van der Waals surface area contributed by atoms with Gasteiger partial charge in [0.05, 0.1) is 28.9 Å². The summed E-state index contributed by atoms with van der Waals surface area (Å²) in [6.45, 7) is 6.92. The topological polar surface area (TPSA) is 90.2 Å². The number of hydrogen-bond donors (Lipinski definition) is 2. The summed E-state index contributed by atoms with van der Waals surface area (Å²) >= 11 is 0. The van der Waals surface area contributed by atoms with E-state index in [9.17, 15) is 23.6 Å². The maximum atomic E-state index is 14.1. The number of nitrogens with one attached hydrogen (secondary N) is 2. The molecule has 1 unspecified atom stereocenters. The van der Waals surface area contributed by atoms with Crippen LogP contribution in [0.15, 0.2) is 35.3 Å². The normalized spacial score (nSPS) is 29.1. The molecule has 2 saturated carbocycles. The molecule has 7 nitrogen and oxygen atoms in total. The van der Waals surface area contributed by atoms with Gasteiger partial charge in [0, 0.05) is 37.3 Å².